The van der Waals surface area contributed by atoms with Crippen LogP contribution in [0.1, 0.15) is 30.6 Å². The van der Waals surface area contributed by atoms with Gasteiger partial charge in [0, 0.05) is 19.7 Å². The highest BCUT2D eigenvalue weighted by molar-refractivity contribution is 9.12. The number of amides is 2. The summed E-state index contributed by atoms with van der Waals surface area (Å²) in [6.45, 7) is 3.10. The van der Waals surface area contributed by atoms with Gasteiger partial charge in [-0.15, -0.1) is 0 Å². The number of esters is 1. The Balaban J connectivity index is 1.49. The molecule has 2 saturated carbocycles. The second kappa shape index (κ2) is 8.71. The first-order valence-corrected chi connectivity index (χ1v) is 12.9. The number of Topliss-reactive ketones (excluding diaryl/α,β-unsaturated/α-hetero) is 1. The number of alkyl halides is 2. The van der Waals surface area contributed by atoms with E-state index < -0.39 is 30.5 Å². The fourth-order valence-electron chi connectivity index (χ4n) is 5.26. The van der Waals surface area contributed by atoms with Crippen LogP contribution in [0.3, 0.4) is 0 Å². The minimum Gasteiger partial charge on any atom is -0.456 e. The van der Waals surface area contributed by atoms with E-state index in [1.54, 1.807) is 38.1 Å². The number of fused-ring (bicyclic) bond motifs is 5. The minimum absolute atomic E-state index is 0.0728. The molecule has 7 atom stereocenters. The molecule has 2 bridgehead atoms. The van der Waals surface area contributed by atoms with E-state index in [-0.39, 0.29) is 45.0 Å². The fourth-order valence-corrected chi connectivity index (χ4v) is 7.40. The van der Waals surface area contributed by atoms with Gasteiger partial charge < -0.3 is 4.74 Å². The van der Waals surface area contributed by atoms with Crippen LogP contribution < -0.4 is 0 Å². The third-order valence-corrected chi connectivity index (χ3v) is 10.4. The summed E-state index contributed by atoms with van der Waals surface area (Å²) < 4.78 is 6.13. The lowest BCUT2D eigenvalue weighted by Gasteiger charge is -2.28. The van der Waals surface area contributed by atoms with Crippen LogP contribution >= 0.6 is 47.8 Å². The number of ether oxygens (including phenoxy) is 1. The molecule has 1 aromatic rings. The maximum Gasteiger partial charge on any atom is 0.330 e. The molecule has 166 valence electrons. The van der Waals surface area contributed by atoms with Crippen molar-refractivity contribution in [2.75, 3.05) is 6.61 Å². The van der Waals surface area contributed by atoms with Crippen molar-refractivity contribution >= 4 is 71.4 Å². The zero-order valence-electron chi connectivity index (χ0n) is 17.0. The zero-order chi connectivity index (χ0) is 22.6. The smallest absolute Gasteiger partial charge is 0.330 e. The molecule has 31 heavy (non-hydrogen) atoms. The first kappa shape index (κ1) is 23.1. The Morgan fingerprint density at radius 3 is 2.03 bits per heavy atom. The zero-order valence-corrected chi connectivity index (χ0v) is 21.7. The molecule has 9 heteroatoms. The van der Waals surface area contributed by atoms with Crippen LogP contribution in [0.25, 0.3) is 0 Å². The molecule has 1 aliphatic heterocycles. The predicted molar refractivity (Wildman–Crippen MR) is 124 cm³/mol. The number of hydrogen-bond acceptors (Lipinski definition) is 5. The molecule has 1 saturated heterocycles. The van der Waals surface area contributed by atoms with Gasteiger partial charge in [0.1, 0.15) is 6.04 Å². The van der Waals surface area contributed by atoms with Crippen LogP contribution in [0, 0.1) is 29.6 Å². The Bertz CT molecular complexity index is 902. The van der Waals surface area contributed by atoms with Crippen LogP contribution in [0.15, 0.2) is 28.7 Å². The highest BCUT2D eigenvalue weighted by atomic mass is 79.9. The molecule has 0 aromatic heterocycles. The fraction of sp³-hybridized carbons (Fsp3) is 0.545. The Labute approximate surface area is 205 Å². The summed E-state index contributed by atoms with van der Waals surface area (Å²) in [5, 5.41) is 0. The topological polar surface area (TPSA) is 80.8 Å². The van der Waals surface area contributed by atoms with Gasteiger partial charge in [-0.2, -0.15) is 0 Å². The van der Waals surface area contributed by atoms with E-state index in [1.165, 1.54) is 0 Å². The van der Waals surface area contributed by atoms with Crippen LogP contribution in [0.2, 0.25) is 0 Å². The Morgan fingerprint density at radius 2 is 1.55 bits per heavy atom. The number of ketones is 1. The minimum atomic E-state index is -1.04. The molecule has 0 radical (unpaired) electrons. The average Bonchev–Trinajstić information content (AvgIpc) is 3.33. The van der Waals surface area contributed by atoms with E-state index >= 15 is 0 Å². The van der Waals surface area contributed by atoms with Crippen molar-refractivity contribution < 1.29 is 23.9 Å². The van der Waals surface area contributed by atoms with Gasteiger partial charge in [0.05, 0.1) is 11.8 Å². The lowest BCUT2D eigenvalue weighted by Crippen LogP contribution is -2.50. The summed E-state index contributed by atoms with van der Waals surface area (Å²) in [5.41, 5.74) is 0.420. The number of benzene rings is 1. The van der Waals surface area contributed by atoms with Gasteiger partial charge in [0.15, 0.2) is 12.4 Å². The van der Waals surface area contributed by atoms with Crippen molar-refractivity contribution in [3.8, 4) is 0 Å². The van der Waals surface area contributed by atoms with Gasteiger partial charge in [-0.25, -0.2) is 4.79 Å². The van der Waals surface area contributed by atoms with Gasteiger partial charge in [-0.05, 0) is 36.3 Å². The predicted octanol–water partition coefficient (Wildman–Crippen LogP) is 3.98. The van der Waals surface area contributed by atoms with Crippen LogP contribution in [0.5, 0.6) is 0 Å². The molecule has 6 nitrogen and oxygen atoms in total. The number of nitrogens with zero attached hydrogens (tertiary/aromatic N) is 1. The Morgan fingerprint density at radius 1 is 1.03 bits per heavy atom. The van der Waals surface area contributed by atoms with Gasteiger partial charge in [-0.1, -0.05) is 73.8 Å². The van der Waals surface area contributed by atoms with Crippen molar-refractivity contribution in [1.29, 1.82) is 0 Å². The normalized spacial score (nSPS) is 32.5. The molecule has 2 aliphatic carbocycles. The number of hydrogen-bond donors (Lipinski definition) is 0. The van der Waals surface area contributed by atoms with Crippen LogP contribution in [-0.2, 0) is 19.1 Å². The van der Waals surface area contributed by atoms with Crippen LogP contribution in [-0.4, -0.2) is 50.8 Å². The summed E-state index contributed by atoms with van der Waals surface area (Å²) in [5.74, 6) is -2.63. The van der Waals surface area contributed by atoms with Crippen molar-refractivity contribution in [3.63, 3.8) is 0 Å². The molecule has 2 amide bonds. The number of halogens is 3. The number of likely N-dealkylation sites (tertiary alicyclic amines) is 1. The second-order valence-electron chi connectivity index (χ2n) is 8.78. The van der Waals surface area contributed by atoms with E-state index in [2.05, 4.69) is 47.8 Å². The van der Waals surface area contributed by atoms with Gasteiger partial charge in [0.2, 0.25) is 11.8 Å². The molecular formula is C22H22Br3NO5. The Kier molecular flexibility index (Phi) is 6.49. The highest BCUT2D eigenvalue weighted by Gasteiger charge is 2.67. The number of carbonyl (C=O) groups is 4. The number of imide groups is 1. The molecule has 4 rings (SSSR count). The van der Waals surface area contributed by atoms with Gasteiger partial charge in [-0.3, -0.25) is 19.3 Å². The van der Waals surface area contributed by atoms with E-state index in [9.17, 15) is 19.2 Å². The van der Waals surface area contributed by atoms with Crippen molar-refractivity contribution in [3.05, 3.63) is 34.3 Å². The summed E-state index contributed by atoms with van der Waals surface area (Å²) in [6, 6.07) is 5.70. The first-order chi connectivity index (χ1) is 14.6. The van der Waals surface area contributed by atoms with E-state index in [0.717, 1.165) is 15.8 Å². The second-order valence-corrected chi connectivity index (χ2v) is 11.8. The molecule has 0 spiro atoms. The Hall–Kier alpha value is -1.06. The lowest BCUT2D eigenvalue weighted by atomic mass is 9.81. The van der Waals surface area contributed by atoms with Gasteiger partial charge >= 0.3 is 5.97 Å². The molecule has 3 aliphatic rings. The average molecular weight is 620 g/mol. The van der Waals surface area contributed by atoms with Crippen molar-refractivity contribution in [2.45, 2.75) is 36.0 Å². The largest absolute Gasteiger partial charge is 0.456 e. The molecular weight excluding hydrogens is 598 g/mol. The van der Waals surface area contributed by atoms with Gasteiger partial charge in [0.25, 0.3) is 0 Å². The molecule has 0 N–H and O–H groups in total. The number of rotatable bonds is 6. The molecule has 1 heterocycles. The highest BCUT2D eigenvalue weighted by Crippen LogP contribution is 2.60. The van der Waals surface area contributed by atoms with Crippen LogP contribution in [0.4, 0.5) is 0 Å². The first-order valence-electron chi connectivity index (χ1n) is 10.2. The standard InChI is InChI=1S/C22H22Br3NO5/c1-9(2)19(22(30)31-8-14(27)10-3-5-11(23)6-4-10)26-20(28)15-12-7-13(16(15)21(26)29)18(25)17(12)24/h3-6,9,12-13,15-19H,7-8H2,1-2H3/t12-,13-,15-,16+,17-,18+,19-/m1/s1. The summed E-state index contributed by atoms with van der Waals surface area (Å²) >= 11 is 10.6. The van der Waals surface area contributed by atoms with E-state index in [1.807, 2.05) is 0 Å². The third-order valence-electron chi connectivity index (χ3n) is 6.68. The number of carbonyl (C=O) groups excluding carboxylic acids is 4. The maximum absolute atomic E-state index is 13.3. The summed E-state index contributed by atoms with van der Waals surface area (Å²) in [6.07, 6.45) is 0.824. The van der Waals surface area contributed by atoms with Crippen molar-refractivity contribution in [2.24, 2.45) is 29.6 Å². The van der Waals surface area contributed by atoms with Crippen molar-refractivity contribution in [1.82, 2.24) is 4.90 Å². The monoisotopic (exact) mass is 617 g/mol. The third kappa shape index (κ3) is 3.84. The summed E-state index contributed by atoms with van der Waals surface area (Å²) in [4.78, 5) is 53.2. The molecule has 3 fully saturated rings. The van der Waals surface area contributed by atoms with E-state index in [4.69, 9.17) is 4.74 Å². The molecule has 1 aromatic carbocycles. The molecule has 0 unspecified atom stereocenters. The lowest BCUT2D eigenvalue weighted by molar-refractivity contribution is -0.160. The summed E-state index contributed by atoms with van der Waals surface area (Å²) in [7, 11) is 0. The quantitative estimate of drug-likeness (QED) is 0.208. The maximum atomic E-state index is 13.3. The SMILES string of the molecule is CC(C)[C@H](C(=O)OCC(=O)c1ccc(Br)cc1)N1C(=O)[C@@H]2[C@H]3C[C@@H]([C@H](Br)[C@@H]3Br)[C@@H]2C1=O. The van der Waals surface area contributed by atoms with E-state index in [0.29, 0.717) is 5.56 Å².